The van der Waals surface area contributed by atoms with Crippen LogP contribution in [0.1, 0.15) is 18.9 Å². The Morgan fingerprint density at radius 2 is 2.00 bits per heavy atom. The predicted octanol–water partition coefficient (Wildman–Crippen LogP) is 2.80. The molecule has 4 heteroatoms. The molecule has 0 aliphatic heterocycles. The lowest BCUT2D eigenvalue weighted by atomic mass is 10.1. The van der Waals surface area contributed by atoms with Crippen LogP contribution >= 0.6 is 0 Å². The summed E-state index contributed by atoms with van der Waals surface area (Å²) in [5, 5.41) is 0. The summed E-state index contributed by atoms with van der Waals surface area (Å²) in [5.41, 5.74) is 7.43. The lowest BCUT2D eigenvalue weighted by Gasteiger charge is -2.06. The molecule has 1 heterocycles. The van der Waals surface area contributed by atoms with Crippen LogP contribution in [0.15, 0.2) is 36.8 Å². The Labute approximate surface area is 100 Å². The zero-order valence-electron chi connectivity index (χ0n) is 9.76. The van der Waals surface area contributed by atoms with Gasteiger partial charge < -0.3 is 10.5 Å². The third-order valence-corrected chi connectivity index (χ3v) is 2.38. The maximum absolute atomic E-state index is 5.70. The molecule has 4 nitrogen and oxygen atoms in total. The van der Waals surface area contributed by atoms with E-state index in [0.29, 0.717) is 11.6 Å². The standard InChI is InChI=1S/C13H15N3O/c1-2-3-10-4-6-11(7-5-10)17-13-12(14)8-15-9-16-13/h4-9H,2-3,14H2,1H3. The molecule has 0 aliphatic carbocycles. The monoisotopic (exact) mass is 229 g/mol. The Kier molecular flexibility index (Phi) is 3.55. The highest BCUT2D eigenvalue weighted by molar-refractivity contribution is 5.47. The predicted molar refractivity (Wildman–Crippen MR) is 67.0 cm³/mol. The van der Waals surface area contributed by atoms with Crippen molar-refractivity contribution in [1.29, 1.82) is 0 Å². The van der Waals surface area contributed by atoms with Gasteiger partial charge in [-0.05, 0) is 24.1 Å². The lowest BCUT2D eigenvalue weighted by molar-refractivity contribution is 0.464. The van der Waals surface area contributed by atoms with Gasteiger partial charge in [-0.2, -0.15) is 4.98 Å². The van der Waals surface area contributed by atoms with E-state index in [2.05, 4.69) is 29.0 Å². The fourth-order valence-corrected chi connectivity index (χ4v) is 1.54. The van der Waals surface area contributed by atoms with Crippen LogP contribution in [-0.2, 0) is 6.42 Å². The minimum absolute atomic E-state index is 0.392. The van der Waals surface area contributed by atoms with Gasteiger partial charge in [-0.1, -0.05) is 25.5 Å². The first-order valence-corrected chi connectivity index (χ1v) is 5.62. The maximum atomic E-state index is 5.70. The number of aryl methyl sites for hydroxylation is 1. The van der Waals surface area contributed by atoms with Crippen molar-refractivity contribution in [3.05, 3.63) is 42.4 Å². The number of hydrogen-bond donors (Lipinski definition) is 1. The lowest BCUT2D eigenvalue weighted by Crippen LogP contribution is -1.95. The summed E-state index contributed by atoms with van der Waals surface area (Å²) in [7, 11) is 0. The normalized spacial score (nSPS) is 10.2. The highest BCUT2D eigenvalue weighted by Gasteiger charge is 2.03. The summed E-state index contributed by atoms with van der Waals surface area (Å²) in [6.07, 6.45) is 5.15. The van der Waals surface area contributed by atoms with Gasteiger partial charge in [0.25, 0.3) is 0 Å². The molecule has 0 amide bonds. The average molecular weight is 229 g/mol. The van der Waals surface area contributed by atoms with E-state index < -0.39 is 0 Å². The highest BCUT2D eigenvalue weighted by Crippen LogP contribution is 2.23. The minimum atomic E-state index is 0.392. The first-order chi connectivity index (χ1) is 8.29. The number of hydrogen-bond acceptors (Lipinski definition) is 4. The Morgan fingerprint density at radius 3 is 2.65 bits per heavy atom. The molecule has 0 spiro atoms. The van der Waals surface area contributed by atoms with Crippen molar-refractivity contribution in [3.63, 3.8) is 0 Å². The number of nitrogens with two attached hydrogens (primary N) is 1. The minimum Gasteiger partial charge on any atom is -0.437 e. The van der Waals surface area contributed by atoms with Crippen LogP contribution in [-0.4, -0.2) is 9.97 Å². The second-order valence-corrected chi connectivity index (χ2v) is 3.78. The van der Waals surface area contributed by atoms with Crippen molar-refractivity contribution >= 4 is 5.69 Å². The Morgan fingerprint density at radius 1 is 1.24 bits per heavy atom. The molecule has 0 bridgehead atoms. The van der Waals surface area contributed by atoms with E-state index in [1.165, 1.54) is 18.1 Å². The van der Waals surface area contributed by atoms with Gasteiger partial charge in [0, 0.05) is 0 Å². The van der Waals surface area contributed by atoms with Gasteiger partial charge in [-0.25, -0.2) is 4.98 Å². The van der Waals surface area contributed by atoms with Crippen LogP contribution < -0.4 is 10.5 Å². The Bertz CT molecular complexity index is 482. The van der Waals surface area contributed by atoms with Crippen LogP contribution in [0.3, 0.4) is 0 Å². The smallest absolute Gasteiger partial charge is 0.245 e. The van der Waals surface area contributed by atoms with Crippen molar-refractivity contribution < 1.29 is 4.74 Å². The van der Waals surface area contributed by atoms with Crippen LogP contribution in [0.2, 0.25) is 0 Å². The van der Waals surface area contributed by atoms with Crippen molar-refractivity contribution in [1.82, 2.24) is 9.97 Å². The topological polar surface area (TPSA) is 61.0 Å². The number of anilines is 1. The molecule has 0 radical (unpaired) electrons. The van der Waals surface area contributed by atoms with E-state index in [9.17, 15) is 0 Å². The summed E-state index contributed by atoms with van der Waals surface area (Å²) >= 11 is 0. The largest absolute Gasteiger partial charge is 0.437 e. The average Bonchev–Trinajstić information content (AvgIpc) is 2.35. The van der Waals surface area contributed by atoms with Gasteiger partial charge in [0.05, 0.1) is 6.20 Å². The van der Waals surface area contributed by atoms with E-state index in [-0.39, 0.29) is 0 Å². The first kappa shape index (κ1) is 11.4. The molecule has 0 fully saturated rings. The second-order valence-electron chi connectivity index (χ2n) is 3.78. The number of aromatic nitrogens is 2. The summed E-state index contributed by atoms with van der Waals surface area (Å²) in [4.78, 5) is 7.78. The van der Waals surface area contributed by atoms with E-state index >= 15 is 0 Å². The van der Waals surface area contributed by atoms with Gasteiger partial charge in [0.2, 0.25) is 5.88 Å². The van der Waals surface area contributed by atoms with E-state index in [4.69, 9.17) is 10.5 Å². The molecule has 17 heavy (non-hydrogen) atoms. The van der Waals surface area contributed by atoms with E-state index in [1.807, 2.05) is 12.1 Å². The molecule has 0 saturated heterocycles. The summed E-state index contributed by atoms with van der Waals surface area (Å²) in [5.74, 6) is 1.12. The fraction of sp³-hybridized carbons (Fsp3) is 0.231. The zero-order valence-corrected chi connectivity index (χ0v) is 9.76. The molecule has 2 rings (SSSR count). The van der Waals surface area contributed by atoms with Gasteiger partial charge in [-0.3, -0.25) is 0 Å². The highest BCUT2D eigenvalue weighted by atomic mass is 16.5. The van der Waals surface area contributed by atoms with E-state index in [1.54, 1.807) is 0 Å². The van der Waals surface area contributed by atoms with Crippen molar-refractivity contribution in [3.8, 4) is 11.6 Å². The number of benzene rings is 1. The van der Waals surface area contributed by atoms with Crippen LogP contribution in [0.4, 0.5) is 5.69 Å². The molecule has 0 saturated carbocycles. The quantitative estimate of drug-likeness (QED) is 0.875. The molecule has 0 unspecified atom stereocenters. The number of nitrogens with zero attached hydrogens (tertiary/aromatic N) is 2. The van der Waals surface area contributed by atoms with Crippen molar-refractivity contribution in [2.45, 2.75) is 19.8 Å². The molecule has 2 aromatic rings. The SMILES string of the molecule is CCCc1ccc(Oc2ncncc2N)cc1. The molecule has 1 aromatic heterocycles. The van der Waals surface area contributed by atoms with Gasteiger partial charge >= 0.3 is 0 Å². The summed E-state index contributed by atoms with van der Waals surface area (Å²) < 4.78 is 5.57. The van der Waals surface area contributed by atoms with Gasteiger partial charge in [0.15, 0.2) is 0 Å². The van der Waals surface area contributed by atoms with E-state index in [0.717, 1.165) is 18.6 Å². The number of rotatable bonds is 4. The van der Waals surface area contributed by atoms with Crippen molar-refractivity contribution in [2.24, 2.45) is 0 Å². The second kappa shape index (κ2) is 5.30. The maximum Gasteiger partial charge on any atom is 0.245 e. The number of ether oxygens (including phenoxy) is 1. The third-order valence-electron chi connectivity index (χ3n) is 2.38. The van der Waals surface area contributed by atoms with Crippen molar-refractivity contribution in [2.75, 3.05) is 5.73 Å². The van der Waals surface area contributed by atoms with Crippen LogP contribution in [0, 0.1) is 0 Å². The molecule has 88 valence electrons. The molecular formula is C13H15N3O. The fourth-order valence-electron chi connectivity index (χ4n) is 1.54. The molecular weight excluding hydrogens is 214 g/mol. The molecule has 0 aliphatic rings. The zero-order chi connectivity index (χ0) is 12.1. The summed E-state index contributed by atoms with van der Waals surface area (Å²) in [6, 6.07) is 7.95. The van der Waals surface area contributed by atoms with Crippen LogP contribution in [0.25, 0.3) is 0 Å². The summed E-state index contributed by atoms with van der Waals surface area (Å²) in [6.45, 7) is 2.16. The Balaban J connectivity index is 2.11. The first-order valence-electron chi connectivity index (χ1n) is 5.62. The Hall–Kier alpha value is -2.10. The third kappa shape index (κ3) is 2.93. The van der Waals surface area contributed by atoms with Gasteiger partial charge in [-0.15, -0.1) is 0 Å². The molecule has 1 aromatic carbocycles. The van der Waals surface area contributed by atoms with Gasteiger partial charge in [0.1, 0.15) is 17.8 Å². The van der Waals surface area contributed by atoms with Crippen LogP contribution in [0.5, 0.6) is 11.6 Å². The molecule has 2 N–H and O–H groups in total. The number of nitrogen functional groups attached to an aromatic ring is 1. The molecule has 0 atom stereocenters.